The van der Waals surface area contributed by atoms with Crippen molar-refractivity contribution >= 4 is 22.7 Å². The number of aromatic carboxylic acids is 1. The van der Waals surface area contributed by atoms with E-state index in [0.717, 1.165) is 18.2 Å². The molecule has 0 atom stereocenters. The smallest absolute Gasteiger partial charge is 0.339 e. The van der Waals surface area contributed by atoms with Crippen molar-refractivity contribution < 1.29 is 9.90 Å². The first kappa shape index (κ1) is 13.4. The van der Waals surface area contributed by atoms with E-state index in [-0.39, 0.29) is 5.56 Å². The number of hydrogen-bond donors (Lipinski definition) is 1. The molecule has 0 saturated heterocycles. The van der Waals surface area contributed by atoms with Crippen LogP contribution in [0.25, 0.3) is 11.0 Å². The van der Waals surface area contributed by atoms with E-state index in [1.54, 1.807) is 17.9 Å². The van der Waals surface area contributed by atoms with Crippen molar-refractivity contribution in [2.24, 2.45) is 7.05 Å². The van der Waals surface area contributed by atoms with Crippen LogP contribution in [-0.4, -0.2) is 38.4 Å². The van der Waals surface area contributed by atoms with Gasteiger partial charge in [-0.2, -0.15) is 10.4 Å². The number of hydrogen-bond acceptors (Lipinski definition) is 5. The van der Waals surface area contributed by atoms with Gasteiger partial charge in [-0.3, -0.25) is 4.68 Å². The fourth-order valence-corrected chi connectivity index (χ4v) is 2.58. The zero-order chi connectivity index (χ0) is 15.0. The molecule has 108 valence electrons. The van der Waals surface area contributed by atoms with Crippen LogP contribution in [-0.2, 0) is 7.05 Å². The summed E-state index contributed by atoms with van der Waals surface area (Å²) in [5.41, 5.74) is 1.45. The van der Waals surface area contributed by atoms with Crippen LogP contribution in [0.5, 0.6) is 0 Å². The third kappa shape index (κ3) is 2.29. The molecule has 21 heavy (non-hydrogen) atoms. The lowest BCUT2D eigenvalue weighted by Gasteiger charge is -2.25. The molecular formula is C14H15N5O2. The number of nitrogens with zero attached hydrogens (tertiary/aromatic N) is 5. The van der Waals surface area contributed by atoms with Gasteiger partial charge in [-0.1, -0.05) is 0 Å². The predicted octanol–water partition coefficient (Wildman–Crippen LogP) is 1.55. The van der Waals surface area contributed by atoms with Gasteiger partial charge in [-0.25, -0.2) is 9.78 Å². The second-order valence-corrected chi connectivity index (χ2v) is 5.16. The summed E-state index contributed by atoms with van der Waals surface area (Å²) < 4.78 is 1.62. The molecule has 1 aliphatic carbocycles. The summed E-state index contributed by atoms with van der Waals surface area (Å²) in [6.45, 7) is 0.523. The number of carbonyl (C=O) groups is 1. The minimum atomic E-state index is -1.01. The van der Waals surface area contributed by atoms with Gasteiger partial charge in [0.05, 0.1) is 29.8 Å². The molecule has 1 fully saturated rings. The van der Waals surface area contributed by atoms with Crippen molar-refractivity contribution in [3.05, 3.63) is 18.0 Å². The van der Waals surface area contributed by atoms with Crippen LogP contribution < -0.4 is 4.90 Å². The Morgan fingerprint density at radius 3 is 2.95 bits per heavy atom. The Hall–Kier alpha value is -2.62. The van der Waals surface area contributed by atoms with Gasteiger partial charge in [-0.15, -0.1) is 0 Å². The number of pyridine rings is 1. The molecule has 7 nitrogen and oxygen atoms in total. The van der Waals surface area contributed by atoms with E-state index in [1.165, 1.54) is 6.20 Å². The Bertz CT molecular complexity index is 742. The largest absolute Gasteiger partial charge is 0.478 e. The number of aromatic nitrogens is 3. The topological polar surface area (TPSA) is 95.0 Å². The molecular weight excluding hydrogens is 270 g/mol. The summed E-state index contributed by atoms with van der Waals surface area (Å²) in [4.78, 5) is 17.8. The van der Waals surface area contributed by atoms with E-state index in [9.17, 15) is 9.90 Å². The standard InChI is InChI=1S/C14H15N5O2/c1-18-13-10(8-17-18)12(11(7-16-13)14(20)21)19(6-2-5-15)9-3-4-9/h7-9H,2-4,6H2,1H3,(H,20,21). The molecule has 0 aliphatic heterocycles. The zero-order valence-electron chi connectivity index (χ0n) is 11.7. The van der Waals surface area contributed by atoms with Crippen molar-refractivity contribution in [1.82, 2.24) is 14.8 Å². The number of carboxylic acids is 1. The zero-order valence-corrected chi connectivity index (χ0v) is 11.7. The van der Waals surface area contributed by atoms with Crippen molar-refractivity contribution in [1.29, 1.82) is 5.26 Å². The molecule has 3 rings (SSSR count). The number of anilines is 1. The van der Waals surface area contributed by atoms with Crippen LogP contribution in [0.4, 0.5) is 5.69 Å². The highest BCUT2D eigenvalue weighted by atomic mass is 16.4. The van der Waals surface area contributed by atoms with E-state index in [2.05, 4.69) is 16.2 Å². The molecule has 1 saturated carbocycles. The second-order valence-electron chi connectivity index (χ2n) is 5.16. The molecule has 0 spiro atoms. The lowest BCUT2D eigenvalue weighted by Crippen LogP contribution is -2.28. The molecule has 0 bridgehead atoms. The number of carboxylic acid groups (broad SMARTS) is 1. The second kappa shape index (κ2) is 5.05. The molecule has 2 aromatic heterocycles. The molecule has 0 amide bonds. The molecule has 0 unspecified atom stereocenters. The maximum Gasteiger partial charge on any atom is 0.339 e. The van der Waals surface area contributed by atoms with Crippen LogP contribution >= 0.6 is 0 Å². The molecule has 2 aromatic rings. The van der Waals surface area contributed by atoms with Gasteiger partial charge < -0.3 is 10.0 Å². The lowest BCUT2D eigenvalue weighted by atomic mass is 10.1. The summed E-state index contributed by atoms with van der Waals surface area (Å²) in [6, 6.07) is 2.43. The first-order valence-electron chi connectivity index (χ1n) is 6.81. The van der Waals surface area contributed by atoms with Crippen molar-refractivity contribution in [2.75, 3.05) is 11.4 Å². The van der Waals surface area contributed by atoms with E-state index in [0.29, 0.717) is 30.3 Å². The monoisotopic (exact) mass is 285 g/mol. The van der Waals surface area contributed by atoms with Crippen LogP contribution in [0, 0.1) is 11.3 Å². The highest BCUT2D eigenvalue weighted by molar-refractivity contribution is 6.03. The van der Waals surface area contributed by atoms with E-state index in [4.69, 9.17) is 5.26 Å². The Labute approximate surface area is 121 Å². The van der Waals surface area contributed by atoms with Gasteiger partial charge >= 0.3 is 5.97 Å². The van der Waals surface area contributed by atoms with Crippen LogP contribution in [0.2, 0.25) is 0 Å². The first-order chi connectivity index (χ1) is 10.1. The fourth-order valence-electron chi connectivity index (χ4n) is 2.58. The molecule has 1 N–H and O–H groups in total. The van der Waals surface area contributed by atoms with Gasteiger partial charge in [-0.05, 0) is 12.8 Å². The van der Waals surface area contributed by atoms with E-state index < -0.39 is 5.97 Å². The minimum absolute atomic E-state index is 0.167. The number of rotatable bonds is 5. The van der Waals surface area contributed by atoms with Crippen LogP contribution in [0.3, 0.4) is 0 Å². The quantitative estimate of drug-likeness (QED) is 0.895. The Morgan fingerprint density at radius 2 is 2.33 bits per heavy atom. The first-order valence-corrected chi connectivity index (χ1v) is 6.81. The van der Waals surface area contributed by atoms with Crippen molar-refractivity contribution in [3.63, 3.8) is 0 Å². The van der Waals surface area contributed by atoms with Gasteiger partial charge in [0.15, 0.2) is 5.65 Å². The number of fused-ring (bicyclic) bond motifs is 1. The SMILES string of the molecule is Cn1ncc2c(N(CCC#N)C3CC3)c(C(=O)O)cnc21. The summed E-state index contributed by atoms with van der Waals surface area (Å²) in [5, 5.41) is 23.2. The normalized spacial score (nSPS) is 14.1. The Morgan fingerprint density at radius 1 is 1.57 bits per heavy atom. The highest BCUT2D eigenvalue weighted by Gasteiger charge is 2.33. The average molecular weight is 285 g/mol. The third-order valence-corrected chi connectivity index (χ3v) is 3.70. The molecule has 0 radical (unpaired) electrons. The predicted molar refractivity (Wildman–Crippen MR) is 76.1 cm³/mol. The minimum Gasteiger partial charge on any atom is -0.478 e. The summed E-state index contributed by atoms with van der Waals surface area (Å²) in [5.74, 6) is -1.01. The van der Waals surface area contributed by atoms with E-state index in [1.807, 2.05) is 4.90 Å². The number of aryl methyl sites for hydroxylation is 1. The van der Waals surface area contributed by atoms with Gasteiger partial charge in [0, 0.05) is 25.8 Å². The summed E-state index contributed by atoms with van der Waals surface area (Å²) >= 11 is 0. The van der Waals surface area contributed by atoms with Crippen molar-refractivity contribution in [3.8, 4) is 6.07 Å². The average Bonchev–Trinajstić information content (AvgIpc) is 3.23. The van der Waals surface area contributed by atoms with Gasteiger partial charge in [0.2, 0.25) is 0 Å². The maximum atomic E-state index is 11.5. The van der Waals surface area contributed by atoms with Crippen molar-refractivity contribution in [2.45, 2.75) is 25.3 Å². The Kier molecular flexibility index (Phi) is 3.22. The third-order valence-electron chi connectivity index (χ3n) is 3.70. The molecule has 1 aliphatic rings. The molecule has 0 aromatic carbocycles. The Balaban J connectivity index is 2.19. The van der Waals surface area contributed by atoms with Gasteiger partial charge in [0.1, 0.15) is 5.56 Å². The van der Waals surface area contributed by atoms with E-state index >= 15 is 0 Å². The molecule has 7 heteroatoms. The highest BCUT2D eigenvalue weighted by Crippen LogP contribution is 2.37. The summed E-state index contributed by atoms with van der Waals surface area (Å²) in [6.07, 6.45) is 5.43. The lowest BCUT2D eigenvalue weighted by molar-refractivity contribution is 0.0697. The van der Waals surface area contributed by atoms with Gasteiger partial charge in [0.25, 0.3) is 0 Å². The molecule has 2 heterocycles. The fraction of sp³-hybridized carbons (Fsp3) is 0.429. The maximum absolute atomic E-state index is 11.5. The van der Waals surface area contributed by atoms with Crippen LogP contribution in [0.1, 0.15) is 29.6 Å². The van der Waals surface area contributed by atoms with Crippen LogP contribution in [0.15, 0.2) is 12.4 Å². The summed E-state index contributed by atoms with van der Waals surface area (Å²) in [7, 11) is 1.77. The number of nitriles is 1.